The van der Waals surface area contributed by atoms with Gasteiger partial charge in [0.25, 0.3) is 11.8 Å². The molecule has 0 radical (unpaired) electrons. The summed E-state index contributed by atoms with van der Waals surface area (Å²) >= 11 is 5.92. The molecule has 6 nitrogen and oxygen atoms in total. The standard InChI is InChI=1S/C25H23ClN2O4/c1-31-21-12-16(4-11-20(21)32-14-15-2-9-19(26)10-3-15)13-27-28-24(29)22-17-5-6-18(8-7-17)23(22)25(28)30/h2-6,9-13,17-18,22-23H,7-8,14H2,1H3/b27-13-/t17-,18-,22-,23+/m1/s1. The Labute approximate surface area is 191 Å². The lowest BCUT2D eigenvalue weighted by molar-refractivity contribution is -0.140. The molecule has 2 aromatic rings. The van der Waals surface area contributed by atoms with Crippen LogP contribution in [0.1, 0.15) is 24.0 Å². The number of halogens is 1. The van der Waals surface area contributed by atoms with Crippen molar-refractivity contribution in [1.82, 2.24) is 5.01 Å². The minimum atomic E-state index is -0.262. The van der Waals surface area contributed by atoms with Crippen molar-refractivity contribution in [2.24, 2.45) is 28.8 Å². The molecule has 2 amide bonds. The minimum absolute atomic E-state index is 0.152. The Kier molecular flexibility index (Phi) is 5.47. The van der Waals surface area contributed by atoms with Gasteiger partial charge in [-0.1, -0.05) is 35.9 Å². The van der Waals surface area contributed by atoms with E-state index in [0.717, 1.165) is 23.4 Å². The Morgan fingerprint density at radius 2 is 1.66 bits per heavy atom. The zero-order chi connectivity index (χ0) is 22.2. The maximum Gasteiger partial charge on any atom is 0.254 e. The van der Waals surface area contributed by atoms with Crippen molar-refractivity contribution in [2.75, 3.05) is 7.11 Å². The predicted octanol–water partition coefficient (Wildman–Crippen LogP) is 4.46. The van der Waals surface area contributed by atoms with E-state index in [2.05, 4.69) is 17.3 Å². The summed E-state index contributed by atoms with van der Waals surface area (Å²) in [7, 11) is 1.56. The zero-order valence-electron chi connectivity index (χ0n) is 17.6. The van der Waals surface area contributed by atoms with Gasteiger partial charge >= 0.3 is 0 Å². The van der Waals surface area contributed by atoms with Gasteiger partial charge in [0.2, 0.25) is 0 Å². The summed E-state index contributed by atoms with van der Waals surface area (Å²) in [4.78, 5) is 25.8. The third-order valence-electron chi connectivity index (χ3n) is 6.55. The summed E-state index contributed by atoms with van der Waals surface area (Å²) in [5.74, 6) is 0.524. The molecule has 0 N–H and O–H groups in total. The van der Waals surface area contributed by atoms with Crippen molar-refractivity contribution >= 4 is 29.6 Å². The van der Waals surface area contributed by atoms with Crippen LogP contribution in [0.3, 0.4) is 0 Å². The molecule has 4 aliphatic rings. The average Bonchev–Trinajstić information content (AvgIpc) is 3.10. The summed E-state index contributed by atoms with van der Waals surface area (Å²) in [6.07, 6.45) is 7.65. The highest BCUT2D eigenvalue weighted by Crippen LogP contribution is 2.49. The van der Waals surface area contributed by atoms with Crippen LogP contribution in [0.15, 0.2) is 59.7 Å². The van der Waals surface area contributed by atoms with E-state index >= 15 is 0 Å². The third kappa shape index (κ3) is 3.69. The number of fused-ring (bicyclic) bond motifs is 1. The first-order valence-electron chi connectivity index (χ1n) is 10.7. The molecular formula is C25H23ClN2O4. The monoisotopic (exact) mass is 450 g/mol. The molecule has 2 aromatic carbocycles. The van der Waals surface area contributed by atoms with Gasteiger partial charge in [0.05, 0.1) is 25.2 Å². The highest BCUT2D eigenvalue weighted by Gasteiger charge is 2.56. The number of hydrogen-bond donors (Lipinski definition) is 0. The number of benzene rings is 2. The average molecular weight is 451 g/mol. The Hall–Kier alpha value is -3.12. The largest absolute Gasteiger partial charge is 0.493 e. The lowest BCUT2D eigenvalue weighted by atomic mass is 9.63. The number of allylic oxidation sites excluding steroid dienone is 2. The number of carbonyl (C=O) groups excluding carboxylic acids is 2. The van der Waals surface area contributed by atoms with Crippen LogP contribution in [0.4, 0.5) is 0 Å². The van der Waals surface area contributed by atoms with E-state index in [4.69, 9.17) is 21.1 Å². The molecule has 3 aliphatic carbocycles. The Bertz CT molecular complexity index is 1080. The Balaban J connectivity index is 1.30. The van der Waals surface area contributed by atoms with Crippen LogP contribution in [0.2, 0.25) is 5.02 Å². The number of hydrazone groups is 1. The van der Waals surface area contributed by atoms with E-state index in [1.54, 1.807) is 19.2 Å². The molecule has 2 fully saturated rings. The van der Waals surface area contributed by atoms with Gasteiger partial charge in [-0.25, -0.2) is 0 Å². The number of ether oxygens (including phenoxy) is 2. The molecule has 1 heterocycles. The van der Waals surface area contributed by atoms with Crippen LogP contribution in [0.5, 0.6) is 11.5 Å². The van der Waals surface area contributed by atoms with E-state index in [1.807, 2.05) is 30.3 Å². The molecule has 0 aromatic heterocycles. The topological polar surface area (TPSA) is 68.2 Å². The van der Waals surface area contributed by atoms with Gasteiger partial charge in [0, 0.05) is 5.02 Å². The summed E-state index contributed by atoms with van der Waals surface area (Å²) < 4.78 is 11.3. The molecule has 164 valence electrons. The quantitative estimate of drug-likeness (QED) is 0.370. The molecule has 4 atom stereocenters. The number of hydrogen-bond acceptors (Lipinski definition) is 5. The molecule has 32 heavy (non-hydrogen) atoms. The van der Waals surface area contributed by atoms with Gasteiger partial charge in [0.1, 0.15) is 6.61 Å². The fourth-order valence-electron chi connectivity index (χ4n) is 4.92. The van der Waals surface area contributed by atoms with Gasteiger partial charge in [-0.3, -0.25) is 9.59 Å². The lowest BCUT2D eigenvalue weighted by Gasteiger charge is -2.37. The first kappa shape index (κ1) is 20.8. The molecule has 1 saturated carbocycles. The number of imide groups is 1. The van der Waals surface area contributed by atoms with Crippen LogP contribution in [-0.4, -0.2) is 30.1 Å². The van der Waals surface area contributed by atoms with Crippen molar-refractivity contribution < 1.29 is 19.1 Å². The molecule has 0 spiro atoms. The van der Waals surface area contributed by atoms with E-state index in [1.165, 1.54) is 6.21 Å². The first-order chi connectivity index (χ1) is 15.5. The number of methoxy groups -OCH3 is 1. The number of nitrogens with zero attached hydrogens (tertiary/aromatic N) is 2. The van der Waals surface area contributed by atoms with E-state index in [0.29, 0.717) is 28.7 Å². The molecular weight excluding hydrogens is 428 g/mol. The van der Waals surface area contributed by atoms with Gasteiger partial charge in [-0.2, -0.15) is 10.1 Å². The second-order valence-electron chi connectivity index (χ2n) is 8.40. The fraction of sp³-hybridized carbons (Fsp3) is 0.320. The lowest BCUT2D eigenvalue weighted by Crippen LogP contribution is -2.38. The van der Waals surface area contributed by atoms with Crippen LogP contribution in [-0.2, 0) is 16.2 Å². The molecule has 1 saturated heterocycles. The number of rotatable bonds is 6. The maximum absolute atomic E-state index is 12.9. The first-order valence-corrected chi connectivity index (χ1v) is 11.1. The summed E-state index contributed by atoms with van der Waals surface area (Å²) in [6, 6.07) is 12.8. The highest BCUT2D eigenvalue weighted by atomic mass is 35.5. The van der Waals surface area contributed by atoms with Crippen molar-refractivity contribution in [3.8, 4) is 11.5 Å². The smallest absolute Gasteiger partial charge is 0.254 e. The van der Waals surface area contributed by atoms with Crippen LogP contribution < -0.4 is 9.47 Å². The minimum Gasteiger partial charge on any atom is -0.493 e. The SMILES string of the molecule is COc1cc(/C=N\N2C(=O)[C@@H]3[C@H](C2=O)[C@@H]2C=C[C@@H]3CC2)ccc1OCc1ccc(Cl)cc1. The Morgan fingerprint density at radius 1 is 1.00 bits per heavy atom. The van der Waals surface area contributed by atoms with Crippen LogP contribution >= 0.6 is 11.6 Å². The highest BCUT2D eigenvalue weighted by molar-refractivity contribution is 6.30. The summed E-state index contributed by atoms with van der Waals surface area (Å²) in [6.45, 7) is 0.372. The molecule has 7 heteroatoms. The second kappa shape index (κ2) is 8.43. The van der Waals surface area contributed by atoms with E-state index < -0.39 is 0 Å². The molecule has 6 rings (SSSR count). The summed E-state index contributed by atoms with van der Waals surface area (Å²) in [5, 5.41) is 5.99. The van der Waals surface area contributed by atoms with Gasteiger partial charge in [-0.05, 0) is 66.1 Å². The van der Waals surface area contributed by atoms with Crippen LogP contribution in [0.25, 0.3) is 0 Å². The van der Waals surface area contributed by atoms with Gasteiger partial charge in [-0.15, -0.1) is 0 Å². The predicted molar refractivity (Wildman–Crippen MR) is 121 cm³/mol. The van der Waals surface area contributed by atoms with Gasteiger partial charge < -0.3 is 9.47 Å². The van der Waals surface area contributed by atoms with Crippen molar-refractivity contribution in [3.05, 3.63) is 70.8 Å². The van der Waals surface area contributed by atoms with Crippen molar-refractivity contribution in [3.63, 3.8) is 0 Å². The zero-order valence-corrected chi connectivity index (χ0v) is 18.4. The number of amides is 2. The van der Waals surface area contributed by atoms with E-state index in [9.17, 15) is 9.59 Å². The Morgan fingerprint density at radius 3 is 2.25 bits per heavy atom. The van der Waals surface area contributed by atoms with Crippen LogP contribution in [0, 0.1) is 23.7 Å². The fourth-order valence-corrected chi connectivity index (χ4v) is 5.05. The molecule has 1 aliphatic heterocycles. The number of carbonyl (C=O) groups is 2. The van der Waals surface area contributed by atoms with Crippen molar-refractivity contribution in [2.45, 2.75) is 19.4 Å². The molecule has 2 bridgehead atoms. The van der Waals surface area contributed by atoms with Crippen molar-refractivity contribution in [1.29, 1.82) is 0 Å². The van der Waals surface area contributed by atoms with E-state index in [-0.39, 0.29) is 35.5 Å². The second-order valence-corrected chi connectivity index (χ2v) is 8.84. The molecule has 0 unspecified atom stereocenters. The maximum atomic E-state index is 12.9. The van der Waals surface area contributed by atoms with Gasteiger partial charge in [0.15, 0.2) is 11.5 Å². The summed E-state index contributed by atoms with van der Waals surface area (Å²) in [5.41, 5.74) is 1.69. The third-order valence-corrected chi connectivity index (χ3v) is 6.81. The normalized spacial score (nSPS) is 26.1.